The maximum Gasteiger partial charge on any atom is 0.261 e. The van der Waals surface area contributed by atoms with E-state index in [2.05, 4.69) is 13.8 Å². The highest BCUT2D eigenvalue weighted by molar-refractivity contribution is 5.12. The van der Waals surface area contributed by atoms with Gasteiger partial charge in [0.1, 0.15) is 6.61 Å². The van der Waals surface area contributed by atoms with Gasteiger partial charge in [-0.1, -0.05) is 11.1 Å². The van der Waals surface area contributed by atoms with Gasteiger partial charge in [0.25, 0.3) is 6.43 Å². The molecule has 82 valence electrons. The van der Waals surface area contributed by atoms with Gasteiger partial charge in [-0.05, 0) is 39.5 Å². The quantitative estimate of drug-likeness (QED) is 0.639. The predicted octanol–water partition coefficient (Wildman–Crippen LogP) is 3.55. The number of allylic oxidation sites excluding steroid dienone is 2. The van der Waals surface area contributed by atoms with Gasteiger partial charge in [-0.15, -0.1) is 0 Å². The summed E-state index contributed by atoms with van der Waals surface area (Å²) in [7, 11) is 0. The molecule has 1 nitrogen and oxygen atoms in total. The van der Waals surface area contributed by atoms with Crippen LogP contribution in [0, 0.1) is 0 Å². The Hall–Kier alpha value is -0.440. The first-order valence-corrected chi connectivity index (χ1v) is 5.14. The number of halogens is 2. The number of hydrogen-bond acceptors (Lipinski definition) is 1. The van der Waals surface area contributed by atoms with E-state index in [9.17, 15) is 8.78 Å². The summed E-state index contributed by atoms with van der Waals surface area (Å²) in [4.78, 5) is 0. The summed E-state index contributed by atoms with van der Waals surface area (Å²) >= 11 is 0. The lowest BCUT2D eigenvalue weighted by Crippen LogP contribution is -2.21. The predicted molar refractivity (Wildman–Crippen MR) is 52.6 cm³/mol. The highest BCUT2D eigenvalue weighted by Gasteiger charge is 2.18. The van der Waals surface area contributed by atoms with Crippen molar-refractivity contribution in [2.75, 3.05) is 6.61 Å². The topological polar surface area (TPSA) is 9.23 Å². The van der Waals surface area contributed by atoms with Crippen molar-refractivity contribution in [3.05, 3.63) is 11.1 Å². The van der Waals surface area contributed by atoms with Crippen LogP contribution in [0.4, 0.5) is 8.78 Å². The Balaban J connectivity index is 2.26. The third-order valence-corrected chi connectivity index (χ3v) is 2.70. The fraction of sp³-hybridized carbons (Fsp3) is 0.818. The molecule has 0 aromatic carbocycles. The van der Waals surface area contributed by atoms with Crippen LogP contribution in [-0.2, 0) is 4.74 Å². The normalized spacial score (nSPS) is 22.9. The van der Waals surface area contributed by atoms with Crippen molar-refractivity contribution in [3.8, 4) is 0 Å². The monoisotopic (exact) mass is 204 g/mol. The van der Waals surface area contributed by atoms with Crippen LogP contribution in [0.3, 0.4) is 0 Å². The summed E-state index contributed by atoms with van der Waals surface area (Å²) in [6.45, 7) is 3.81. The molecule has 0 spiro atoms. The van der Waals surface area contributed by atoms with E-state index in [1.54, 1.807) is 0 Å². The molecule has 0 atom stereocenters. The molecule has 1 fully saturated rings. The third-order valence-electron chi connectivity index (χ3n) is 2.70. The molecule has 1 saturated carbocycles. The zero-order valence-corrected chi connectivity index (χ0v) is 8.85. The van der Waals surface area contributed by atoms with Gasteiger partial charge in [0.2, 0.25) is 0 Å². The molecule has 0 heterocycles. The van der Waals surface area contributed by atoms with Crippen molar-refractivity contribution in [3.63, 3.8) is 0 Å². The Kier molecular flexibility index (Phi) is 4.52. The van der Waals surface area contributed by atoms with Crippen LogP contribution >= 0.6 is 0 Å². The van der Waals surface area contributed by atoms with Crippen LogP contribution in [-0.4, -0.2) is 19.1 Å². The summed E-state index contributed by atoms with van der Waals surface area (Å²) in [5.41, 5.74) is 2.85. The van der Waals surface area contributed by atoms with Crippen LogP contribution in [0.25, 0.3) is 0 Å². The first kappa shape index (κ1) is 11.6. The molecule has 0 aromatic heterocycles. The molecule has 0 aliphatic heterocycles. The lowest BCUT2D eigenvalue weighted by molar-refractivity contribution is -0.0330. The van der Waals surface area contributed by atoms with Crippen LogP contribution in [0.1, 0.15) is 39.5 Å². The average molecular weight is 204 g/mol. The molecule has 0 radical (unpaired) electrons. The minimum absolute atomic E-state index is 0.0482. The Morgan fingerprint density at radius 2 is 1.93 bits per heavy atom. The fourth-order valence-electron chi connectivity index (χ4n) is 1.82. The molecule has 0 amide bonds. The van der Waals surface area contributed by atoms with E-state index in [0.29, 0.717) is 0 Å². The van der Waals surface area contributed by atoms with E-state index in [1.807, 2.05) is 0 Å². The Morgan fingerprint density at radius 1 is 1.36 bits per heavy atom. The van der Waals surface area contributed by atoms with Crippen LogP contribution < -0.4 is 0 Å². The molecule has 1 aliphatic carbocycles. The summed E-state index contributed by atoms with van der Waals surface area (Å²) < 4.78 is 28.8. The zero-order valence-electron chi connectivity index (χ0n) is 8.85. The second-order valence-corrected chi connectivity index (χ2v) is 4.03. The zero-order chi connectivity index (χ0) is 10.6. The average Bonchev–Trinajstić information content (AvgIpc) is 2.15. The minimum atomic E-state index is -2.33. The van der Waals surface area contributed by atoms with Gasteiger partial charge in [0, 0.05) is 0 Å². The number of alkyl halides is 2. The summed E-state index contributed by atoms with van der Waals surface area (Å²) in [5, 5.41) is 0. The number of rotatable bonds is 3. The molecular formula is C11H18F2O. The van der Waals surface area contributed by atoms with Crippen LogP contribution in [0.5, 0.6) is 0 Å². The summed E-state index contributed by atoms with van der Waals surface area (Å²) in [5.74, 6) is 0. The smallest absolute Gasteiger partial charge is 0.261 e. The summed E-state index contributed by atoms with van der Waals surface area (Å²) in [6, 6.07) is 0. The van der Waals surface area contributed by atoms with E-state index in [-0.39, 0.29) is 6.10 Å². The maximum absolute atomic E-state index is 11.9. The Morgan fingerprint density at radius 3 is 2.36 bits per heavy atom. The van der Waals surface area contributed by atoms with Gasteiger partial charge < -0.3 is 4.74 Å². The molecule has 0 N–H and O–H groups in total. The van der Waals surface area contributed by atoms with Crippen molar-refractivity contribution >= 4 is 0 Å². The van der Waals surface area contributed by atoms with Gasteiger partial charge in [-0.2, -0.15) is 0 Å². The second-order valence-electron chi connectivity index (χ2n) is 4.03. The Bertz CT molecular complexity index is 197. The van der Waals surface area contributed by atoms with E-state index in [4.69, 9.17) is 4.74 Å². The maximum atomic E-state index is 11.9. The lowest BCUT2D eigenvalue weighted by atomic mass is 9.90. The lowest BCUT2D eigenvalue weighted by Gasteiger charge is -2.25. The SMILES string of the molecule is CC(C)=C1CCC(OCC(F)F)CC1. The van der Waals surface area contributed by atoms with Crippen molar-refractivity contribution in [1.82, 2.24) is 0 Å². The van der Waals surface area contributed by atoms with E-state index >= 15 is 0 Å². The molecule has 1 rings (SSSR count). The third kappa shape index (κ3) is 3.74. The van der Waals surface area contributed by atoms with Gasteiger partial charge in [0.05, 0.1) is 6.10 Å². The van der Waals surface area contributed by atoms with Crippen LogP contribution in [0.2, 0.25) is 0 Å². The molecule has 14 heavy (non-hydrogen) atoms. The molecule has 0 aromatic rings. The van der Waals surface area contributed by atoms with Gasteiger partial charge >= 0.3 is 0 Å². The molecule has 3 heteroatoms. The molecule has 1 aliphatic rings. The van der Waals surface area contributed by atoms with Crippen LogP contribution in [0.15, 0.2) is 11.1 Å². The number of hydrogen-bond donors (Lipinski definition) is 0. The summed E-state index contributed by atoms with van der Waals surface area (Å²) in [6.07, 6.45) is 1.53. The standard InChI is InChI=1S/C11H18F2O/c1-8(2)9-3-5-10(6-4-9)14-7-11(12)13/h10-11H,3-7H2,1-2H3. The molecule has 0 bridgehead atoms. The van der Waals surface area contributed by atoms with E-state index in [1.165, 1.54) is 11.1 Å². The van der Waals surface area contributed by atoms with Gasteiger partial charge in [0.15, 0.2) is 0 Å². The highest BCUT2D eigenvalue weighted by atomic mass is 19.3. The fourth-order valence-corrected chi connectivity index (χ4v) is 1.82. The first-order chi connectivity index (χ1) is 6.59. The van der Waals surface area contributed by atoms with Gasteiger partial charge in [-0.3, -0.25) is 0 Å². The van der Waals surface area contributed by atoms with Gasteiger partial charge in [-0.25, -0.2) is 8.78 Å². The largest absolute Gasteiger partial charge is 0.372 e. The minimum Gasteiger partial charge on any atom is -0.372 e. The van der Waals surface area contributed by atoms with Crippen molar-refractivity contribution in [1.29, 1.82) is 0 Å². The van der Waals surface area contributed by atoms with Crippen molar-refractivity contribution < 1.29 is 13.5 Å². The molecule has 0 unspecified atom stereocenters. The first-order valence-electron chi connectivity index (χ1n) is 5.14. The van der Waals surface area contributed by atoms with Crippen molar-refractivity contribution in [2.45, 2.75) is 52.1 Å². The molecule has 0 saturated heterocycles. The second kappa shape index (κ2) is 5.44. The van der Waals surface area contributed by atoms with Crippen molar-refractivity contribution in [2.24, 2.45) is 0 Å². The molecular weight excluding hydrogens is 186 g/mol. The van der Waals surface area contributed by atoms with E-state index in [0.717, 1.165) is 25.7 Å². The Labute approximate surface area is 84.1 Å². The number of ether oxygens (including phenoxy) is 1. The van der Waals surface area contributed by atoms with E-state index < -0.39 is 13.0 Å². The highest BCUT2D eigenvalue weighted by Crippen LogP contribution is 2.27.